The van der Waals surface area contributed by atoms with Gasteiger partial charge in [-0.1, -0.05) is 54.6 Å². The molecule has 6 nitrogen and oxygen atoms in total. The van der Waals surface area contributed by atoms with E-state index in [0.29, 0.717) is 19.6 Å². The van der Waals surface area contributed by atoms with Crippen LogP contribution in [0.1, 0.15) is 16.7 Å². The monoisotopic (exact) mass is 436 g/mol. The zero-order valence-electron chi connectivity index (χ0n) is 16.9. The Hall–Kier alpha value is -3.42. The van der Waals surface area contributed by atoms with Crippen LogP contribution in [-0.4, -0.2) is 20.9 Å². The molecule has 3 aromatic rings. The minimum atomic E-state index is -3.70. The second-order valence-electron chi connectivity index (χ2n) is 6.91. The number of sulfonamides is 1. The van der Waals surface area contributed by atoms with E-state index in [0.717, 1.165) is 22.4 Å². The summed E-state index contributed by atoms with van der Waals surface area (Å²) in [4.78, 5) is 12.1. The third kappa shape index (κ3) is 7.40. The molecule has 0 saturated heterocycles. The summed E-state index contributed by atoms with van der Waals surface area (Å²) in [7, 11) is -3.70. The molecule has 0 atom stereocenters. The highest BCUT2D eigenvalue weighted by Crippen LogP contribution is 2.16. The molecule has 0 aliphatic heterocycles. The Kier molecular flexibility index (Phi) is 7.59. The molecule has 0 saturated carbocycles. The summed E-state index contributed by atoms with van der Waals surface area (Å²) in [5.41, 5.74) is 2.85. The number of carbonyl (C=O) groups is 1. The van der Waals surface area contributed by atoms with Gasteiger partial charge in [0.2, 0.25) is 15.9 Å². The van der Waals surface area contributed by atoms with Crippen molar-refractivity contribution in [1.82, 2.24) is 5.32 Å². The standard InChI is InChI=1S/C24H24N2O4S/c25-31(28,29)23-12-9-19(10-13-23)15-16-26-24(27)14-11-20-7-4-8-22(17-20)30-18-21-5-2-1-3-6-21/h1-14,17H,15-16,18H2,(H,26,27)(H2,25,28,29)/b14-11+. The maximum Gasteiger partial charge on any atom is 0.244 e. The normalized spacial score (nSPS) is 11.4. The molecular weight excluding hydrogens is 412 g/mol. The average molecular weight is 437 g/mol. The second kappa shape index (κ2) is 10.6. The SMILES string of the molecule is NS(=O)(=O)c1ccc(CCNC(=O)/C=C/c2cccc(OCc3ccccc3)c2)cc1. The fourth-order valence-corrected chi connectivity index (χ4v) is 3.37. The van der Waals surface area contributed by atoms with E-state index >= 15 is 0 Å². The number of hydrogen-bond donors (Lipinski definition) is 2. The molecule has 0 radical (unpaired) electrons. The molecule has 3 aromatic carbocycles. The predicted octanol–water partition coefficient (Wildman–Crippen LogP) is 3.29. The van der Waals surface area contributed by atoms with Gasteiger partial charge in [0, 0.05) is 12.6 Å². The molecule has 1 amide bonds. The number of amides is 1. The van der Waals surface area contributed by atoms with Crippen molar-refractivity contribution in [2.45, 2.75) is 17.9 Å². The number of carbonyl (C=O) groups excluding carboxylic acids is 1. The van der Waals surface area contributed by atoms with Gasteiger partial charge in [0.25, 0.3) is 0 Å². The maximum absolute atomic E-state index is 12.1. The predicted molar refractivity (Wildman–Crippen MR) is 121 cm³/mol. The largest absolute Gasteiger partial charge is 0.489 e. The van der Waals surface area contributed by atoms with E-state index in [9.17, 15) is 13.2 Å². The molecule has 7 heteroatoms. The molecule has 0 fully saturated rings. The summed E-state index contributed by atoms with van der Waals surface area (Å²) in [6, 6.07) is 23.7. The lowest BCUT2D eigenvalue weighted by atomic mass is 10.1. The van der Waals surface area contributed by atoms with Crippen molar-refractivity contribution in [2.24, 2.45) is 5.14 Å². The fourth-order valence-electron chi connectivity index (χ4n) is 2.86. The number of benzene rings is 3. The van der Waals surface area contributed by atoms with E-state index in [1.807, 2.05) is 54.6 Å². The Morgan fingerprint density at radius 1 is 0.935 bits per heavy atom. The van der Waals surface area contributed by atoms with Crippen LogP contribution in [0.2, 0.25) is 0 Å². The van der Waals surface area contributed by atoms with E-state index in [-0.39, 0.29) is 10.8 Å². The highest BCUT2D eigenvalue weighted by Gasteiger charge is 2.06. The number of hydrogen-bond acceptors (Lipinski definition) is 4. The van der Waals surface area contributed by atoms with Crippen molar-refractivity contribution in [1.29, 1.82) is 0 Å². The lowest BCUT2D eigenvalue weighted by Gasteiger charge is -2.07. The van der Waals surface area contributed by atoms with E-state index < -0.39 is 10.0 Å². The third-order valence-electron chi connectivity index (χ3n) is 4.50. The Morgan fingerprint density at radius 3 is 2.39 bits per heavy atom. The molecule has 0 aliphatic carbocycles. The van der Waals surface area contributed by atoms with Crippen molar-refractivity contribution >= 4 is 22.0 Å². The number of nitrogens with two attached hydrogens (primary N) is 1. The zero-order valence-corrected chi connectivity index (χ0v) is 17.7. The van der Waals surface area contributed by atoms with Crippen LogP contribution in [0.4, 0.5) is 0 Å². The van der Waals surface area contributed by atoms with Crippen LogP contribution in [0.15, 0.2) is 89.8 Å². The molecule has 3 rings (SSSR count). The maximum atomic E-state index is 12.1. The summed E-state index contributed by atoms with van der Waals surface area (Å²) in [6.07, 6.45) is 3.78. The summed E-state index contributed by atoms with van der Waals surface area (Å²) in [6.45, 7) is 0.908. The summed E-state index contributed by atoms with van der Waals surface area (Å²) < 4.78 is 28.3. The molecule has 0 unspecified atom stereocenters. The van der Waals surface area contributed by atoms with Crippen molar-refractivity contribution in [3.05, 3.63) is 102 Å². The first-order chi connectivity index (χ1) is 14.9. The third-order valence-corrected chi connectivity index (χ3v) is 5.43. The van der Waals surface area contributed by atoms with Gasteiger partial charge in [-0.15, -0.1) is 0 Å². The van der Waals surface area contributed by atoms with Crippen LogP contribution < -0.4 is 15.2 Å². The minimum Gasteiger partial charge on any atom is -0.489 e. The first-order valence-corrected chi connectivity index (χ1v) is 11.3. The Bertz CT molecular complexity index is 1140. The lowest BCUT2D eigenvalue weighted by Crippen LogP contribution is -2.23. The topological polar surface area (TPSA) is 98.5 Å². The molecule has 160 valence electrons. The molecule has 0 heterocycles. The molecule has 31 heavy (non-hydrogen) atoms. The fraction of sp³-hybridized carbons (Fsp3) is 0.125. The van der Waals surface area contributed by atoms with Crippen LogP contribution in [0.5, 0.6) is 5.75 Å². The number of nitrogens with one attached hydrogen (secondary N) is 1. The van der Waals surface area contributed by atoms with Crippen molar-refractivity contribution in [2.75, 3.05) is 6.54 Å². The van der Waals surface area contributed by atoms with Crippen LogP contribution in [0.25, 0.3) is 6.08 Å². The number of primary sulfonamides is 1. The van der Waals surface area contributed by atoms with E-state index in [1.165, 1.54) is 18.2 Å². The summed E-state index contributed by atoms with van der Waals surface area (Å²) >= 11 is 0. The smallest absolute Gasteiger partial charge is 0.244 e. The molecule has 0 aliphatic rings. The Morgan fingerprint density at radius 2 is 1.68 bits per heavy atom. The van der Waals surface area contributed by atoms with Crippen molar-refractivity contribution < 1.29 is 17.9 Å². The van der Waals surface area contributed by atoms with Gasteiger partial charge in [0.05, 0.1) is 4.90 Å². The Labute approximate surface area is 182 Å². The van der Waals surface area contributed by atoms with Crippen molar-refractivity contribution in [3.63, 3.8) is 0 Å². The van der Waals surface area contributed by atoms with Crippen LogP contribution in [0.3, 0.4) is 0 Å². The Balaban J connectivity index is 1.46. The van der Waals surface area contributed by atoms with Gasteiger partial charge in [-0.25, -0.2) is 13.6 Å². The number of rotatable bonds is 9. The second-order valence-corrected chi connectivity index (χ2v) is 8.47. The van der Waals surface area contributed by atoms with Crippen LogP contribution >= 0.6 is 0 Å². The first kappa shape index (κ1) is 22.3. The zero-order chi connectivity index (χ0) is 22.1. The minimum absolute atomic E-state index is 0.0678. The van der Waals surface area contributed by atoms with Gasteiger partial charge < -0.3 is 10.1 Å². The van der Waals surface area contributed by atoms with Gasteiger partial charge in [-0.3, -0.25) is 4.79 Å². The molecule has 3 N–H and O–H groups in total. The van der Waals surface area contributed by atoms with E-state index in [1.54, 1.807) is 18.2 Å². The highest BCUT2D eigenvalue weighted by atomic mass is 32.2. The van der Waals surface area contributed by atoms with E-state index in [4.69, 9.17) is 9.88 Å². The quantitative estimate of drug-likeness (QED) is 0.503. The van der Waals surface area contributed by atoms with Gasteiger partial charge in [0.1, 0.15) is 12.4 Å². The molecule has 0 aromatic heterocycles. The molecule has 0 bridgehead atoms. The van der Waals surface area contributed by atoms with Gasteiger partial charge in [-0.05, 0) is 53.5 Å². The van der Waals surface area contributed by atoms with E-state index in [2.05, 4.69) is 5.32 Å². The average Bonchev–Trinajstić information content (AvgIpc) is 2.77. The van der Waals surface area contributed by atoms with Gasteiger partial charge in [-0.2, -0.15) is 0 Å². The summed E-state index contributed by atoms with van der Waals surface area (Å²) in [5.74, 6) is 0.520. The van der Waals surface area contributed by atoms with Crippen LogP contribution in [0, 0.1) is 0 Å². The van der Waals surface area contributed by atoms with Gasteiger partial charge >= 0.3 is 0 Å². The van der Waals surface area contributed by atoms with Crippen LogP contribution in [-0.2, 0) is 27.8 Å². The first-order valence-electron chi connectivity index (χ1n) is 9.74. The summed E-state index contributed by atoms with van der Waals surface area (Å²) in [5, 5.41) is 7.89. The van der Waals surface area contributed by atoms with Gasteiger partial charge in [0.15, 0.2) is 0 Å². The highest BCUT2D eigenvalue weighted by molar-refractivity contribution is 7.89. The molecular formula is C24H24N2O4S. The van der Waals surface area contributed by atoms with Crippen molar-refractivity contribution in [3.8, 4) is 5.75 Å². The number of ether oxygens (including phenoxy) is 1. The molecule has 0 spiro atoms. The lowest BCUT2D eigenvalue weighted by molar-refractivity contribution is -0.116.